The van der Waals surface area contributed by atoms with Crippen LogP contribution in [-0.2, 0) is 21.2 Å². The highest BCUT2D eigenvalue weighted by Crippen LogP contribution is 2.44. The molecule has 1 fully saturated rings. The van der Waals surface area contributed by atoms with Gasteiger partial charge in [0.25, 0.3) is 0 Å². The van der Waals surface area contributed by atoms with E-state index in [0.29, 0.717) is 40.9 Å². The average Bonchev–Trinajstić information content (AvgIpc) is 3.11. The second kappa shape index (κ2) is 7.29. The standard InChI is InChI=1S/C18H16Cl2N2O3S2/c19-12-2-4-14(15(20)10-12)18-22(7-8-26-18)27(24,25)13-3-5-16-11(9-13)1-6-17(23)21-16/h2-5,9-10,18H,1,6-8H2,(H,21,23). The molecule has 2 aliphatic heterocycles. The number of halogens is 2. The summed E-state index contributed by atoms with van der Waals surface area (Å²) in [5.74, 6) is 0.635. The number of rotatable bonds is 3. The van der Waals surface area contributed by atoms with E-state index in [9.17, 15) is 13.2 Å². The van der Waals surface area contributed by atoms with Crippen molar-refractivity contribution in [2.75, 3.05) is 17.6 Å². The number of aryl methyl sites for hydroxylation is 1. The lowest BCUT2D eigenvalue weighted by molar-refractivity contribution is -0.116. The molecule has 9 heteroatoms. The van der Waals surface area contributed by atoms with E-state index in [0.717, 1.165) is 11.1 Å². The lowest BCUT2D eigenvalue weighted by Gasteiger charge is -2.25. The first-order valence-corrected chi connectivity index (χ1v) is 11.6. The molecule has 0 bridgehead atoms. The molecule has 142 valence electrons. The first-order chi connectivity index (χ1) is 12.9. The van der Waals surface area contributed by atoms with Crippen LogP contribution in [-0.4, -0.2) is 30.9 Å². The zero-order valence-electron chi connectivity index (χ0n) is 14.1. The predicted octanol–water partition coefficient (Wildman–Crippen LogP) is 4.31. The van der Waals surface area contributed by atoms with Crippen molar-refractivity contribution in [3.63, 3.8) is 0 Å². The van der Waals surface area contributed by atoms with Crippen molar-refractivity contribution in [1.82, 2.24) is 4.31 Å². The summed E-state index contributed by atoms with van der Waals surface area (Å²) in [5.41, 5.74) is 2.25. The Morgan fingerprint density at radius 3 is 2.70 bits per heavy atom. The van der Waals surface area contributed by atoms with Gasteiger partial charge in [-0.05, 0) is 47.9 Å². The summed E-state index contributed by atoms with van der Waals surface area (Å²) < 4.78 is 28.1. The molecule has 1 N–H and O–H groups in total. The molecule has 0 aromatic heterocycles. The van der Waals surface area contributed by atoms with Crippen molar-refractivity contribution in [2.45, 2.75) is 23.1 Å². The summed E-state index contributed by atoms with van der Waals surface area (Å²) >= 11 is 13.8. The Balaban J connectivity index is 1.70. The molecule has 2 aromatic rings. The minimum absolute atomic E-state index is 0.0495. The van der Waals surface area contributed by atoms with Crippen molar-refractivity contribution in [3.05, 3.63) is 57.6 Å². The summed E-state index contributed by atoms with van der Waals surface area (Å²) in [6, 6.07) is 9.99. The van der Waals surface area contributed by atoms with Gasteiger partial charge in [0.2, 0.25) is 15.9 Å². The molecule has 2 aliphatic rings. The first-order valence-electron chi connectivity index (χ1n) is 8.37. The highest BCUT2D eigenvalue weighted by Gasteiger charge is 2.38. The number of benzene rings is 2. The maximum atomic E-state index is 13.3. The topological polar surface area (TPSA) is 66.5 Å². The van der Waals surface area contributed by atoms with Crippen LogP contribution in [0.25, 0.3) is 0 Å². The number of thioether (sulfide) groups is 1. The van der Waals surface area contributed by atoms with Crippen molar-refractivity contribution in [1.29, 1.82) is 0 Å². The Bertz CT molecular complexity index is 1030. The van der Waals surface area contributed by atoms with Crippen LogP contribution < -0.4 is 5.32 Å². The number of fused-ring (bicyclic) bond motifs is 1. The number of nitrogens with zero attached hydrogens (tertiary/aromatic N) is 1. The van der Waals surface area contributed by atoms with Gasteiger partial charge in [0.05, 0.1) is 10.3 Å². The molecule has 0 saturated carbocycles. The molecule has 0 spiro atoms. The van der Waals surface area contributed by atoms with Crippen LogP contribution in [0.2, 0.25) is 10.0 Å². The first kappa shape index (κ1) is 19.1. The molecule has 4 rings (SSSR count). The van der Waals surface area contributed by atoms with E-state index < -0.39 is 15.4 Å². The molecule has 2 aromatic carbocycles. The fourth-order valence-corrected chi connectivity index (χ4v) is 7.20. The monoisotopic (exact) mass is 442 g/mol. The third kappa shape index (κ3) is 3.59. The number of hydrogen-bond donors (Lipinski definition) is 1. The van der Waals surface area contributed by atoms with Crippen LogP contribution in [0, 0.1) is 0 Å². The van der Waals surface area contributed by atoms with Gasteiger partial charge in [0.15, 0.2) is 0 Å². The van der Waals surface area contributed by atoms with E-state index in [2.05, 4.69) is 5.32 Å². The van der Waals surface area contributed by atoms with E-state index in [1.54, 1.807) is 36.4 Å². The van der Waals surface area contributed by atoms with E-state index in [-0.39, 0.29) is 10.8 Å². The van der Waals surface area contributed by atoms with Gasteiger partial charge in [0.1, 0.15) is 0 Å². The van der Waals surface area contributed by atoms with Gasteiger partial charge in [-0.1, -0.05) is 29.3 Å². The van der Waals surface area contributed by atoms with Gasteiger partial charge in [0, 0.05) is 34.5 Å². The Kier molecular flexibility index (Phi) is 5.16. The maximum absolute atomic E-state index is 13.3. The van der Waals surface area contributed by atoms with Gasteiger partial charge in [-0.15, -0.1) is 11.8 Å². The molecule has 0 aliphatic carbocycles. The molecule has 1 amide bonds. The summed E-state index contributed by atoms with van der Waals surface area (Å²) in [6.07, 6.45) is 0.894. The predicted molar refractivity (Wildman–Crippen MR) is 109 cm³/mol. The lowest BCUT2D eigenvalue weighted by atomic mass is 10.0. The number of carbonyl (C=O) groups excluding carboxylic acids is 1. The number of carbonyl (C=O) groups is 1. The third-order valence-electron chi connectivity index (χ3n) is 4.66. The number of nitrogens with one attached hydrogen (secondary N) is 1. The zero-order chi connectivity index (χ0) is 19.2. The van der Waals surface area contributed by atoms with Crippen LogP contribution in [0.15, 0.2) is 41.3 Å². The quantitative estimate of drug-likeness (QED) is 0.768. The molecule has 1 saturated heterocycles. The Hall–Kier alpha value is -1.25. The van der Waals surface area contributed by atoms with Crippen molar-refractivity contribution >= 4 is 56.6 Å². The zero-order valence-corrected chi connectivity index (χ0v) is 17.3. The van der Waals surface area contributed by atoms with E-state index in [1.165, 1.54) is 16.1 Å². The Morgan fingerprint density at radius 1 is 1.11 bits per heavy atom. The highest BCUT2D eigenvalue weighted by atomic mass is 35.5. The van der Waals surface area contributed by atoms with Crippen molar-refractivity contribution in [3.8, 4) is 0 Å². The number of hydrogen-bond acceptors (Lipinski definition) is 4. The smallest absolute Gasteiger partial charge is 0.244 e. The molecule has 27 heavy (non-hydrogen) atoms. The second-order valence-electron chi connectivity index (χ2n) is 6.37. The third-order valence-corrected chi connectivity index (χ3v) is 8.46. The summed E-state index contributed by atoms with van der Waals surface area (Å²) in [4.78, 5) is 11.7. The maximum Gasteiger partial charge on any atom is 0.244 e. The minimum Gasteiger partial charge on any atom is -0.326 e. The van der Waals surface area contributed by atoms with Crippen molar-refractivity contribution in [2.24, 2.45) is 0 Å². The molecular formula is C18H16Cl2N2O3S2. The molecule has 1 atom stereocenters. The second-order valence-corrected chi connectivity index (χ2v) is 10.3. The number of sulfonamides is 1. The van der Waals surface area contributed by atoms with Gasteiger partial charge in [-0.3, -0.25) is 4.79 Å². The highest BCUT2D eigenvalue weighted by molar-refractivity contribution is 8.01. The van der Waals surface area contributed by atoms with Crippen molar-refractivity contribution < 1.29 is 13.2 Å². The van der Waals surface area contributed by atoms with Crippen LogP contribution in [0.5, 0.6) is 0 Å². The molecular weight excluding hydrogens is 427 g/mol. The van der Waals surface area contributed by atoms with Crippen LogP contribution in [0.4, 0.5) is 5.69 Å². The van der Waals surface area contributed by atoms with Crippen LogP contribution in [0.3, 0.4) is 0 Å². The summed E-state index contributed by atoms with van der Waals surface area (Å²) in [6.45, 7) is 0.407. The van der Waals surface area contributed by atoms with E-state index in [4.69, 9.17) is 23.2 Å². The number of anilines is 1. The van der Waals surface area contributed by atoms with Crippen LogP contribution in [0.1, 0.15) is 22.9 Å². The molecule has 2 heterocycles. The lowest BCUT2D eigenvalue weighted by Crippen LogP contribution is -2.31. The molecule has 1 unspecified atom stereocenters. The minimum atomic E-state index is -3.70. The molecule has 0 radical (unpaired) electrons. The largest absolute Gasteiger partial charge is 0.326 e. The fraction of sp³-hybridized carbons (Fsp3) is 0.278. The SMILES string of the molecule is O=C1CCc2cc(S(=O)(=O)N3CCSC3c3ccc(Cl)cc3Cl)ccc2N1. The van der Waals surface area contributed by atoms with E-state index in [1.807, 2.05) is 0 Å². The Morgan fingerprint density at radius 2 is 1.93 bits per heavy atom. The number of amides is 1. The summed E-state index contributed by atoms with van der Waals surface area (Å²) in [5, 5.41) is 3.35. The van der Waals surface area contributed by atoms with Gasteiger partial charge < -0.3 is 5.32 Å². The van der Waals surface area contributed by atoms with E-state index >= 15 is 0 Å². The summed E-state index contributed by atoms with van der Waals surface area (Å²) in [7, 11) is -3.70. The Labute approximate surface area is 172 Å². The van der Waals surface area contributed by atoms with Gasteiger partial charge >= 0.3 is 0 Å². The van der Waals surface area contributed by atoms with Crippen LogP contribution >= 0.6 is 35.0 Å². The molecule has 5 nitrogen and oxygen atoms in total. The average molecular weight is 443 g/mol. The normalized spacial score (nSPS) is 20.4. The fourth-order valence-electron chi connectivity index (χ4n) is 3.30. The van der Waals surface area contributed by atoms with Gasteiger partial charge in [-0.2, -0.15) is 4.31 Å². The van der Waals surface area contributed by atoms with Gasteiger partial charge in [-0.25, -0.2) is 8.42 Å².